The molecule has 7 heteroatoms. The highest BCUT2D eigenvalue weighted by Crippen LogP contribution is 2.43. The Kier molecular flexibility index (Phi) is 2.17. The minimum Gasteiger partial charge on any atom is -0.358 e. The van der Waals surface area contributed by atoms with Crippen LogP contribution in [0.4, 0.5) is 14.6 Å². The molecule has 1 saturated carbocycles. The Labute approximate surface area is 83.8 Å². The molecule has 0 radical (unpaired) electrons. The van der Waals surface area contributed by atoms with E-state index in [2.05, 4.69) is 5.10 Å². The third-order valence-electron chi connectivity index (χ3n) is 2.49. The zero-order valence-corrected chi connectivity index (χ0v) is 7.77. The van der Waals surface area contributed by atoms with Crippen molar-refractivity contribution in [3.8, 4) is 0 Å². The van der Waals surface area contributed by atoms with E-state index in [0.29, 0.717) is 0 Å². The summed E-state index contributed by atoms with van der Waals surface area (Å²) in [6.07, 6.45) is 0.892. The number of aromatic nitrogens is 2. The van der Waals surface area contributed by atoms with Crippen LogP contribution in [0.3, 0.4) is 0 Å². The summed E-state index contributed by atoms with van der Waals surface area (Å²) in [5.41, 5.74) is 0. The molecule has 0 aliphatic heterocycles. The van der Waals surface area contributed by atoms with Crippen LogP contribution in [-0.4, -0.2) is 20.6 Å². The fourth-order valence-electron chi connectivity index (χ4n) is 1.78. The summed E-state index contributed by atoms with van der Waals surface area (Å²) in [6.45, 7) is 0.193. The van der Waals surface area contributed by atoms with Crippen molar-refractivity contribution in [1.82, 2.24) is 9.78 Å². The Bertz CT molecular complexity index is 383. The quantitative estimate of drug-likeness (QED) is 0.573. The van der Waals surface area contributed by atoms with Crippen LogP contribution in [0.1, 0.15) is 12.8 Å². The van der Waals surface area contributed by atoms with E-state index in [-0.39, 0.29) is 31.1 Å². The van der Waals surface area contributed by atoms with Gasteiger partial charge in [0.1, 0.15) is 6.54 Å². The first kappa shape index (κ1) is 10.0. The number of hydrogen-bond donors (Lipinski definition) is 0. The van der Waals surface area contributed by atoms with Crippen LogP contribution >= 0.6 is 0 Å². The van der Waals surface area contributed by atoms with E-state index >= 15 is 0 Å². The minimum absolute atomic E-state index is 0.148. The highest BCUT2D eigenvalue weighted by atomic mass is 19.3. The average molecular weight is 217 g/mol. The Morgan fingerprint density at radius 1 is 1.67 bits per heavy atom. The van der Waals surface area contributed by atoms with Crippen LogP contribution in [0.5, 0.6) is 0 Å². The van der Waals surface area contributed by atoms with Gasteiger partial charge in [-0.3, -0.25) is 0 Å². The smallest absolute Gasteiger partial charge is 0.344 e. The maximum Gasteiger partial charge on any atom is 0.344 e. The molecular formula is C8H9F2N3O2. The number of halogens is 2. The second-order valence-corrected chi connectivity index (χ2v) is 3.76. The fourth-order valence-corrected chi connectivity index (χ4v) is 1.78. The number of nitro groups is 1. The number of nitrogens with zero attached hydrogens (tertiary/aromatic N) is 3. The molecule has 0 bridgehead atoms. The molecule has 1 aromatic heterocycles. The molecule has 1 aromatic rings. The van der Waals surface area contributed by atoms with Crippen molar-refractivity contribution in [1.29, 1.82) is 0 Å². The summed E-state index contributed by atoms with van der Waals surface area (Å²) in [5, 5.41) is 14.2. The predicted octanol–water partition coefficient (Wildman–Crippen LogP) is 1.84. The van der Waals surface area contributed by atoms with E-state index < -0.39 is 10.8 Å². The van der Waals surface area contributed by atoms with Gasteiger partial charge in [0.2, 0.25) is 5.92 Å². The zero-order valence-electron chi connectivity index (χ0n) is 7.77. The van der Waals surface area contributed by atoms with Gasteiger partial charge < -0.3 is 10.1 Å². The molecule has 15 heavy (non-hydrogen) atoms. The zero-order chi connectivity index (χ0) is 11.1. The van der Waals surface area contributed by atoms with Crippen molar-refractivity contribution in [3.05, 3.63) is 22.4 Å². The lowest BCUT2D eigenvalue weighted by molar-refractivity contribution is -0.393. The molecule has 1 aliphatic rings. The second-order valence-electron chi connectivity index (χ2n) is 3.76. The molecule has 1 fully saturated rings. The molecular weight excluding hydrogens is 208 g/mol. The highest BCUT2D eigenvalue weighted by Gasteiger charge is 2.46. The molecule has 5 nitrogen and oxygen atoms in total. The lowest BCUT2D eigenvalue weighted by atomic mass is 9.81. The second kappa shape index (κ2) is 3.25. The van der Waals surface area contributed by atoms with Gasteiger partial charge in [-0.15, -0.1) is 4.68 Å². The molecule has 0 atom stereocenters. The van der Waals surface area contributed by atoms with Gasteiger partial charge >= 0.3 is 5.82 Å². The van der Waals surface area contributed by atoms with E-state index in [9.17, 15) is 18.9 Å². The van der Waals surface area contributed by atoms with Crippen LogP contribution < -0.4 is 0 Å². The summed E-state index contributed by atoms with van der Waals surface area (Å²) in [7, 11) is 0. The third-order valence-corrected chi connectivity index (χ3v) is 2.49. The monoisotopic (exact) mass is 217 g/mol. The molecule has 0 saturated heterocycles. The maximum absolute atomic E-state index is 12.5. The highest BCUT2D eigenvalue weighted by molar-refractivity contribution is 5.16. The van der Waals surface area contributed by atoms with Gasteiger partial charge in [0.15, 0.2) is 0 Å². The first-order valence-corrected chi connectivity index (χ1v) is 4.52. The predicted molar refractivity (Wildman–Crippen MR) is 46.6 cm³/mol. The topological polar surface area (TPSA) is 61.0 Å². The largest absolute Gasteiger partial charge is 0.358 e. The van der Waals surface area contributed by atoms with E-state index in [4.69, 9.17) is 0 Å². The van der Waals surface area contributed by atoms with Crippen LogP contribution in [0.25, 0.3) is 0 Å². The Morgan fingerprint density at radius 2 is 2.33 bits per heavy atom. The van der Waals surface area contributed by atoms with Gasteiger partial charge in [0.25, 0.3) is 0 Å². The van der Waals surface area contributed by atoms with Gasteiger partial charge in [0.05, 0.1) is 12.3 Å². The van der Waals surface area contributed by atoms with Gasteiger partial charge in [-0.1, -0.05) is 5.10 Å². The molecule has 0 N–H and O–H groups in total. The van der Waals surface area contributed by atoms with Gasteiger partial charge in [-0.25, -0.2) is 8.78 Å². The molecule has 0 aromatic carbocycles. The minimum atomic E-state index is -2.59. The van der Waals surface area contributed by atoms with Gasteiger partial charge in [-0.2, -0.15) is 0 Å². The van der Waals surface area contributed by atoms with Gasteiger partial charge in [0, 0.05) is 18.8 Å². The van der Waals surface area contributed by atoms with Gasteiger partial charge in [-0.05, 0) is 4.92 Å². The standard InChI is InChI=1S/C8H9F2N3O2/c9-8(10)3-6(4-8)5-12-7(13(14)15)1-2-11-12/h1-2,6H,3-5H2. The summed E-state index contributed by atoms with van der Waals surface area (Å²) < 4.78 is 26.2. The average Bonchev–Trinajstić information content (AvgIpc) is 2.48. The molecule has 2 rings (SSSR count). The van der Waals surface area contributed by atoms with Crippen LogP contribution in [0.15, 0.2) is 12.3 Å². The van der Waals surface area contributed by atoms with Crippen molar-refractivity contribution in [2.24, 2.45) is 5.92 Å². The van der Waals surface area contributed by atoms with Crippen molar-refractivity contribution in [2.45, 2.75) is 25.3 Å². The van der Waals surface area contributed by atoms with Crippen LogP contribution in [0, 0.1) is 16.0 Å². The number of rotatable bonds is 3. The Balaban J connectivity index is 2.00. The maximum atomic E-state index is 12.5. The summed E-state index contributed by atoms with van der Waals surface area (Å²) in [4.78, 5) is 9.93. The van der Waals surface area contributed by atoms with E-state index in [0.717, 1.165) is 0 Å². The van der Waals surface area contributed by atoms with Crippen LogP contribution in [0.2, 0.25) is 0 Å². The molecule has 0 amide bonds. The number of alkyl halides is 2. The van der Waals surface area contributed by atoms with Crippen molar-refractivity contribution in [3.63, 3.8) is 0 Å². The third kappa shape index (κ3) is 1.95. The van der Waals surface area contributed by atoms with Crippen molar-refractivity contribution in [2.75, 3.05) is 0 Å². The Hall–Kier alpha value is -1.53. The summed E-state index contributed by atoms with van der Waals surface area (Å²) >= 11 is 0. The summed E-state index contributed by atoms with van der Waals surface area (Å²) in [5.74, 6) is -2.95. The van der Waals surface area contributed by atoms with E-state index in [1.165, 1.54) is 16.9 Å². The van der Waals surface area contributed by atoms with Crippen molar-refractivity contribution >= 4 is 5.82 Å². The van der Waals surface area contributed by atoms with Crippen LogP contribution in [-0.2, 0) is 6.54 Å². The lowest BCUT2D eigenvalue weighted by Gasteiger charge is -2.33. The molecule has 0 unspecified atom stereocenters. The first-order valence-electron chi connectivity index (χ1n) is 4.52. The van der Waals surface area contributed by atoms with E-state index in [1.54, 1.807) is 0 Å². The SMILES string of the molecule is O=[N+]([O-])c1ccnn1CC1CC(F)(F)C1. The Morgan fingerprint density at radius 3 is 2.87 bits per heavy atom. The number of hydrogen-bond acceptors (Lipinski definition) is 3. The normalized spacial score (nSPS) is 19.9. The molecule has 0 spiro atoms. The lowest BCUT2D eigenvalue weighted by Crippen LogP contribution is -2.37. The molecule has 82 valence electrons. The summed E-state index contributed by atoms with van der Waals surface area (Å²) in [6, 6.07) is 1.26. The first-order chi connectivity index (χ1) is 6.98. The fraction of sp³-hybridized carbons (Fsp3) is 0.625. The molecule has 1 heterocycles. The van der Waals surface area contributed by atoms with Crippen molar-refractivity contribution < 1.29 is 13.7 Å². The van der Waals surface area contributed by atoms with E-state index in [1.807, 2.05) is 0 Å². The molecule has 1 aliphatic carbocycles.